The maximum Gasteiger partial charge on any atom is 0.240 e. The molecule has 2 heterocycles. The lowest BCUT2D eigenvalue weighted by atomic mass is 10.1. The molecule has 0 unspecified atom stereocenters. The maximum absolute atomic E-state index is 5.36. The van der Waals surface area contributed by atoms with Gasteiger partial charge in [-0.2, -0.15) is 4.98 Å². The topological polar surface area (TPSA) is 48.7 Å². The first kappa shape index (κ1) is 13.4. The van der Waals surface area contributed by atoms with E-state index in [4.69, 9.17) is 9.47 Å². The van der Waals surface area contributed by atoms with Gasteiger partial charge in [-0.25, -0.2) is 4.98 Å². The number of rotatable bonds is 4. The Morgan fingerprint density at radius 2 is 1.81 bits per heavy atom. The molecular weight excluding hydrogens is 266 g/mol. The third-order valence-corrected chi connectivity index (χ3v) is 3.46. The normalized spacial score (nSPS) is 10.8. The second-order valence-corrected chi connectivity index (χ2v) is 4.69. The zero-order valence-corrected chi connectivity index (χ0v) is 12.3. The van der Waals surface area contributed by atoms with Crippen LogP contribution in [0.15, 0.2) is 36.5 Å². The molecule has 0 amide bonds. The van der Waals surface area contributed by atoms with E-state index in [-0.39, 0.29) is 0 Å². The molecule has 3 rings (SSSR count). The minimum atomic E-state index is 0.484. The second kappa shape index (κ2) is 5.44. The van der Waals surface area contributed by atoms with Crippen LogP contribution in [0.4, 0.5) is 0 Å². The van der Waals surface area contributed by atoms with Gasteiger partial charge in [0.25, 0.3) is 0 Å². The highest BCUT2D eigenvalue weighted by atomic mass is 16.5. The molecule has 21 heavy (non-hydrogen) atoms. The Hall–Kier alpha value is -2.56. The third-order valence-electron chi connectivity index (χ3n) is 3.46. The van der Waals surface area contributed by atoms with Crippen LogP contribution in [-0.2, 0) is 6.42 Å². The van der Waals surface area contributed by atoms with Gasteiger partial charge in [-0.3, -0.25) is 4.40 Å². The fourth-order valence-corrected chi connectivity index (χ4v) is 2.23. The molecule has 108 valence electrons. The molecule has 0 aliphatic carbocycles. The lowest BCUT2D eigenvalue weighted by molar-refractivity contribution is 0.369. The highest BCUT2D eigenvalue weighted by Crippen LogP contribution is 2.24. The van der Waals surface area contributed by atoms with E-state index in [1.807, 2.05) is 10.6 Å². The van der Waals surface area contributed by atoms with Gasteiger partial charge in [0.2, 0.25) is 17.5 Å². The zero-order chi connectivity index (χ0) is 14.8. The van der Waals surface area contributed by atoms with Crippen LogP contribution in [-0.4, -0.2) is 28.6 Å². The molecule has 3 aromatic rings. The van der Waals surface area contributed by atoms with Crippen molar-refractivity contribution in [3.63, 3.8) is 0 Å². The first-order valence-electron chi connectivity index (χ1n) is 6.82. The predicted molar refractivity (Wildman–Crippen MR) is 80.9 cm³/mol. The van der Waals surface area contributed by atoms with Gasteiger partial charge in [-0.15, -0.1) is 0 Å². The molecule has 0 aliphatic heterocycles. The molecular formula is C16H17N3O2. The molecule has 0 N–H and O–H groups in total. The highest BCUT2D eigenvalue weighted by Gasteiger charge is 2.11. The number of ether oxygens (including phenoxy) is 2. The van der Waals surface area contributed by atoms with Crippen LogP contribution >= 0.6 is 0 Å². The van der Waals surface area contributed by atoms with Crippen LogP contribution < -0.4 is 9.47 Å². The monoisotopic (exact) mass is 283 g/mol. The number of aromatic nitrogens is 3. The van der Waals surface area contributed by atoms with Crippen molar-refractivity contribution in [1.29, 1.82) is 0 Å². The van der Waals surface area contributed by atoms with E-state index in [9.17, 15) is 0 Å². The first-order valence-corrected chi connectivity index (χ1v) is 6.82. The Morgan fingerprint density at radius 3 is 2.43 bits per heavy atom. The Kier molecular flexibility index (Phi) is 3.48. The first-order chi connectivity index (χ1) is 10.2. The van der Waals surface area contributed by atoms with Crippen molar-refractivity contribution in [2.75, 3.05) is 14.2 Å². The van der Waals surface area contributed by atoms with E-state index in [0.29, 0.717) is 17.5 Å². The predicted octanol–water partition coefficient (Wildman–Crippen LogP) is 2.98. The van der Waals surface area contributed by atoms with Crippen molar-refractivity contribution >= 4 is 5.78 Å². The number of methoxy groups -OCH3 is 2. The lowest BCUT2D eigenvalue weighted by Crippen LogP contribution is -1.97. The van der Waals surface area contributed by atoms with Crippen molar-refractivity contribution in [3.8, 4) is 23.0 Å². The summed E-state index contributed by atoms with van der Waals surface area (Å²) in [6.07, 6.45) is 2.94. The summed E-state index contributed by atoms with van der Waals surface area (Å²) >= 11 is 0. The summed E-state index contributed by atoms with van der Waals surface area (Å²) in [5, 5.41) is 0. The SMILES string of the molecule is CCc1ccc(-c2cn3c(OC)cc(OC)nc3n2)cc1. The quantitative estimate of drug-likeness (QED) is 0.738. The average molecular weight is 283 g/mol. The number of benzene rings is 1. The lowest BCUT2D eigenvalue weighted by Gasteiger charge is -2.04. The van der Waals surface area contributed by atoms with Crippen LogP contribution in [0.3, 0.4) is 0 Å². The Bertz CT molecular complexity index is 763. The van der Waals surface area contributed by atoms with Crippen molar-refractivity contribution in [2.45, 2.75) is 13.3 Å². The van der Waals surface area contributed by atoms with Crippen molar-refractivity contribution in [3.05, 3.63) is 42.1 Å². The van der Waals surface area contributed by atoms with Gasteiger partial charge >= 0.3 is 0 Å². The fourth-order valence-electron chi connectivity index (χ4n) is 2.23. The number of nitrogens with zero attached hydrogens (tertiary/aromatic N) is 3. The molecule has 5 heteroatoms. The molecule has 2 aromatic heterocycles. The zero-order valence-electron chi connectivity index (χ0n) is 12.3. The molecule has 0 fully saturated rings. The van der Waals surface area contributed by atoms with Crippen LogP contribution in [0.2, 0.25) is 0 Å². The van der Waals surface area contributed by atoms with Crippen LogP contribution in [0.5, 0.6) is 11.8 Å². The molecule has 0 saturated heterocycles. The number of imidazole rings is 1. The molecule has 0 aliphatic rings. The maximum atomic E-state index is 5.36. The molecule has 0 saturated carbocycles. The average Bonchev–Trinajstić information content (AvgIpc) is 2.97. The third kappa shape index (κ3) is 2.42. The second-order valence-electron chi connectivity index (χ2n) is 4.69. The molecule has 0 atom stereocenters. The molecule has 5 nitrogen and oxygen atoms in total. The molecule has 0 spiro atoms. The van der Waals surface area contributed by atoms with Gasteiger partial charge in [-0.05, 0) is 12.0 Å². The number of hydrogen-bond donors (Lipinski definition) is 0. The van der Waals surface area contributed by atoms with Crippen LogP contribution in [0.25, 0.3) is 17.0 Å². The Labute approximate surface area is 123 Å². The summed E-state index contributed by atoms with van der Waals surface area (Å²) in [5.74, 6) is 1.68. The number of hydrogen-bond acceptors (Lipinski definition) is 4. The van der Waals surface area contributed by atoms with Gasteiger partial charge in [-0.1, -0.05) is 31.2 Å². The summed E-state index contributed by atoms with van der Waals surface area (Å²) in [6.45, 7) is 2.14. The van der Waals surface area contributed by atoms with Gasteiger partial charge < -0.3 is 9.47 Å². The van der Waals surface area contributed by atoms with Crippen LogP contribution in [0.1, 0.15) is 12.5 Å². The molecule has 1 aromatic carbocycles. The minimum absolute atomic E-state index is 0.484. The fraction of sp³-hybridized carbons (Fsp3) is 0.250. The minimum Gasteiger partial charge on any atom is -0.482 e. The number of fused-ring (bicyclic) bond motifs is 1. The highest BCUT2D eigenvalue weighted by molar-refractivity contribution is 5.62. The van der Waals surface area contributed by atoms with Gasteiger partial charge in [0.15, 0.2) is 0 Å². The summed E-state index contributed by atoms with van der Waals surface area (Å²) < 4.78 is 12.3. The van der Waals surface area contributed by atoms with E-state index in [2.05, 4.69) is 41.2 Å². The molecule has 0 bridgehead atoms. The smallest absolute Gasteiger partial charge is 0.240 e. The van der Waals surface area contributed by atoms with Gasteiger partial charge in [0, 0.05) is 11.8 Å². The largest absolute Gasteiger partial charge is 0.482 e. The molecule has 0 radical (unpaired) electrons. The van der Waals surface area contributed by atoms with E-state index in [1.165, 1.54) is 5.56 Å². The number of aryl methyl sites for hydroxylation is 1. The van der Waals surface area contributed by atoms with E-state index < -0.39 is 0 Å². The standard InChI is InChI=1S/C16H17N3O2/c1-4-11-5-7-12(8-6-11)13-10-19-15(21-3)9-14(20-2)18-16(19)17-13/h5-10H,4H2,1-3H3. The summed E-state index contributed by atoms with van der Waals surface area (Å²) in [4.78, 5) is 8.88. The van der Waals surface area contributed by atoms with E-state index in [0.717, 1.165) is 17.7 Å². The summed E-state index contributed by atoms with van der Waals surface area (Å²) in [6, 6.07) is 10.1. The van der Waals surface area contributed by atoms with E-state index >= 15 is 0 Å². The van der Waals surface area contributed by atoms with Crippen molar-refractivity contribution < 1.29 is 9.47 Å². The van der Waals surface area contributed by atoms with Gasteiger partial charge in [0.05, 0.1) is 26.0 Å². The van der Waals surface area contributed by atoms with Gasteiger partial charge in [0.1, 0.15) is 0 Å². The Morgan fingerprint density at radius 1 is 1.05 bits per heavy atom. The summed E-state index contributed by atoms with van der Waals surface area (Å²) in [5.41, 5.74) is 3.22. The van der Waals surface area contributed by atoms with E-state index in [1.54, 1.807) is 20.3 Å². The van der Waals surface area contributed by atoms with Crippen molar-refractivity contribution in [2.24, 2.45) is 0 Å². The Balaban J connectivity index is 2.11. The van der Waals surface area contributed by atoms with Crippen molar-refractivity contribution in [1.82, 2.24) is 14.4 Å². The summed E-state index contributed by atoms with van der Waals surface area (Å²) in [7, 11) is 3.19. The van der Waals surface area contributed by atoms with Crippen LogP contribution in [0, 0.1) is 0 Å².